The Bertz CT molecular complexity index is 1340. The summed E-state index contributed by atoms with van der Waals surface area (Å²) in [6.45, 7) is 4.22. The maximum absolute atomic E-state index is 13.1. The minimum Gasteiger partial charge on any atom is -0.394 e. The monoisotopic (exact) mass is 835 g/mol. The molecule has 0 bridgehead atoms. The van der Waals surface area contributed by atoms with Gasteiger partial charge in [-0.2, -0.15) is 0 Å². The summed E-state index contributed by atoms with van der Waals surface area (Å²) in [6.07, 6.45) is -15.1. The first-order valence-corrected chi connectivity index (χ1v) is 20.7. The number of aliphatic hydroxyl groups is 13. The van der Waals surface area contributed by atoms with Gasteiger partial charge in [-0.1, -0.05) is 20.8 Å². The van der Waals surface area contributed by atoms with E-state index in [9.17, 15) is 70.6 Å². The highest BCUT2D eigenvalue weighted by molar-refractivity contribution is 5.84. The minimum absolute atomic E-state index is 0.0207. The van der Waals surface area contributed by atoms with Gasteiger partial charge in [0.15, 0.2) is 12.2 Å². The third-order valence-electron chi connectivity index (χ3n) is 14.8. The zero-order chi connectivity index (χ0) is 43.4. The van der Waals surface area contributed by atoms with Crippen molar-refractivity contribution in [2.75, 3.05) is 19.8 Å². The average Bonchev–Trinajstić information content (AvgIpc) is 3.56. The second-order valence-electron chi connectivity index (χ2n) is 18.1. The molecule has 19 nitrogen and oxygen atoms in total. The van der Waals surface area contributed by atoms with Crippen molar-refractivity contribution in [2.45, 2.75) is 158 Å². The number of hydrogen-bond donors (Lipinski definition) is 16. The summed E-state index contributed by atoms with van der Waals surface area (Å²) < 4.78 is 0. The highest BCUT2D eigenvalue weighted by Crippen LogP contribution is 2.68. The molecule has 0 aliphatic heterocycles. The molecule has 0 aromatic rings. The molecule has 0 spiro atoms. The third-order valence-corrected chi connectivity index (χ3v) is 14.8. The quantitative estimate of drug-likeness (QED) is 0.0544. The highest BCUT2D eigenvalue weighted by Gasteiger charge is 2.65. The van der Waals surface area contributed by atoms with Crippen LogP contribution in [0.2, 0.25) is 0 Å². The van der Waals surface area contributed by atoms with Gasteiger partial charge >= 0.3 is 0 Å². The summed E-state index contributed by atoms with van der Waals surface area (Å²) in [4.78, 5) is 38.7. The van der Waals surface area contributed by atoms with Crippen molar-refractivity contribution in [3.63, 3.8) is 0 Å². The van der Waals surface area contributed by atoms with Gasteiger partial charge in [0.1, 0.15) is 42.8 Å². The molecule has 16 N–H and O–H groups in total. The molecule has 3 amide bonds. The van der Waals surface area contributed by atoms with Crippen molar-refractivity contribution in [3.05, 3.63) is 0 Å². The van der Waals surface area contributed by atoms with Crippen LogP contribution in [-0.2, 0) is 14.4 Å². The lowest BCUT2D eigenvalue weighted by Gasteiger charge is -2.63. The second-order valence-corrected chi connectivity index (χ2v) is 18.1. The molecule has 4 aliphatic rings. The van der Waals surface area contributed by atoms with Crippen LogP contribution in [0.3, 0.4) is 0 Å². The van der Waals surface area contributed by atoms with Crippen LogP contribution in [0.4, 0.5) is 0 Å². The number of amides is 3. The molecule has 4 aliphatic carbocycles. The summed E-state index contributed by atoms with van der Waals surface area (Å²) in [6, 6.07) is 0. The predicted molar refractivity (Wildman–Crippen MR) is 202 cm³/mol. The SMILES string of the molecule is C[C@H](CCC(=O)NCCC(NC(=O)[C@H](O)[C@@H](O)[C@H](O)[C@H](O)CO)NC(=O)[C@H](O)[C@@H](O)[C@H](O)[C@H](O)CO)[C@H]1CC[C@H]2[C@@H]3[C@H](O)C[C@@H]4C[C@H](O)CC[C@]4(C)[C@H]3C[C@H](O)[C@]12C. The molecule has 0 radical (unpaired) electrons. The summed E-state index contributed by atoms with van der Waals surface area (Å²) in [5, 5.41) is 139. The van der Waals surface area contributed by atoms with E-state index in [-0.39, 0.29) is 72.3 Å². The van der Waals surface area contributed by atoms with Crippen molar-refractivity contribution >= 4 is 17.7 Å². The fourth-order valence-electron chi connectivity index (χ4n) is 11.2. The normalized spacial score (nSPS) is 36.8. The Balaban J connectivity index is 1.36. The summed E-state index contributed by atoms with van der Waals surface area (Å²) >= 11 is 0. The van der Waals surface area contributed by atoms with E-state index in [4.69, 9.17) is 10.2 Å². The first-order chi connectivity index (χ1) is 27.1. The van der Waals surface area contributed by atoms with Crippen LogP contribution in [0.5, 0.6) is 0 Å². The van der Waals surface area contributed by atoms with Gasteiger partial charge in [-0.3, -0.25) is 14.4 Å². The largest absolute Gasteiger partial charge is 0.394 e. The molecule has 0 heterocycles. The number of nitrogens with one attached hydrogen (secondary N) is 3. The zero-order valence-electron chi connectivity index (χ0n) is 33.6. The lowest BCUT2D eigenvalue weighted by molar-refractivity contribution is -0.207. The lowest BCUT2D eigenvalue weighted by Crippen LogP contribution is -2.62. The van der Waals surface area contributed by atoms with Crippen molar-refractivity contribution in [2.24, 2.45) is 46.3 Å². The van der Waals surface area contributed by atoms with Crippen molar-refractivity contribution in [1.29, 1.82) is 0 Å². The molecule has 0 saturated heterocycles. The molecule has 0 aromatic carbocycles. The van der Waals surface area contributed by atoms with E-state index < -0.39 is 97.6 Å². The molecule has 336 valence electrons. The fourth-order valence-corrected chi connectivity index (χ4v) is 11.2. The highest BCUT2D eigenvalue weighted by atomic mass is 16.4. The van der Waals surface area contributed by atoms with Gasteiger partial charge in [-0.25, -0.2) is 0 Å². The van der Waals surface area contributed by atoms with Crippen LogP contribution < -0.4 is 16.0 Å². The third kappa shape index (κ3) is 10.1. The van der Waals surface area contributed by atoms with Gasteiger partial charge in [-0.05, 0) is 97.7 Å². The first kappa shape index (κ1) is 48.6. The standard InChI is InChI=1S/C39H69N3O16/c1-17(20-5-6-21-29-22(14-26(49)39(20,21)3)38(2)10-8-19(45)12-18(38)13-23(29)46)4-7-28(50)40-11-9-27(41-36(57)34(55)32(53)30(51)24(47)15-43)42-37(58)35(56)33(54)31(52)25(48)16-44/h17-27,29-35,43-49,51-56H,4-16H2,1-3H3,(H,40,50)(H,41,57)(H,42,58)/t17-,18+,19-,20-,21+,22+,23-,24-,25-,26+,29+,30-,31-,32+,33+,34-,35-,38+,39-/m1/s1. The van der Waals surface area contributed by atoms with Crippen molar-refractivity contribution < 1.29 is 80.8 Å². The second kappa shape index (κ2) is 20.2. The smallest absolute Gasteiger partial charge is 0.253 e. The molecule has 0 unspecified atom stereocenters. The summed E-state index contributed by atoms with van der Waals surface area (Å²) in [5.74, 6) is -2.55. The fraction of sp³-hybridized carbons (Fsp3) is 0.923. The van der Waals surface area contributed by atoms with Crippen LogP contribution in [0.15, 0.2) is 0 Å². The average molecular weight is 836 g/mol. The number of carbonyl (C=O) groups excluding carboxylic acids is 3. The van der Waals surface area contributed by atoms with E-state index in [2.05, 4.69) is 36.7 Å². The van der Waals surface area contributed by atoms with Gasteiger partial charge in [-0.15, -0.1) is 0 Å². The maximum Gasteiger partial charge on any atom is 0.253 e. The first-order valence-electron chi connectivity index (χ1n) is 20.7. The van der Waals surface area contributed by atoms with E-state index >= 15 is 0 Å². The Morgan fingerprint density at radius 1 is 0.707 bits per heavy atom. The lowest BCUT2D eigenvalue weighted by atomic mass is 9.43. The Hall–Kier alpha value is -2.11. The van der Waals surface area contributed by atoms with Crippen molar-refractivity contribution in [3.8, 4) is 0 Å². The number of carbonyl (C=O) groups is 3. The van der Waals surface area contributed by atoms with Gasteiger partial charge in [0.05, 0.1) is 31.5 Å². The van der Waals surface area contributed by atoms with E-state index in [0.717, 1.165) is 25.7 Å². The Morgan fingerprint density at radius 3 is 1.79 bits per heavy atom. The number of fused-ring (bicyclic) bond motifs is 5. The molecule has 19 atom stereocenters. The minimum atomic E-state index is -2.41. The van der Waals surface area contributed by atoms with E-state index in [0.29, 0.717) is 25.7 Å². The molecule has 4 rings (SSSR count). The molecular formula is C39H69N3O16. The molecule has 4 fully saturated rings. The van der Waals surface area contributed by atoms with Gasteiger partial charge in [0.25, 0.3) is 11.8 Å². The molecule has 19 heteroatoms. The predicted octanol–water partition coefficient (Wildman–Crippen LogP) is -4.70. The topological polar surface area (TPSA) is 350 Å². The molecule has 58 heavy (non-hydrogen) atoms. The Labute approximate surface area is 338 Å². The van der Waals surface area contributed by atoms with Crippen LogP contribution in [0.25, 0.3) is 0 Å². The van der Waals surface area contributed by atoms with Crippen molar-refractivity contribution in [1.82, 2.24) is 16.0 Å². The number of rotatable bonds is 19. The summed E-state index contributed by atoms with van der Waals surface area (Å²) in [7, 11) is 0. The van der Waals surface area contributed by atoms with Gasteiger partial charge in [0, 0.05) is 19.4 Å². The zero-order valence-corrected chi connectivity index (χ0v) is 33.6. The van der Waals surface area contributed by atoms with E-state index in [1.54, 1.807) is 0 Å². The molecule has 4 saturated carbocycles. The molecule has 0 aromatic heterocycles. The number of aliphatic hydroxyl groups excluding tert-OH is 13. The van der Waals surface area contributed by atoms with Crippen LogP contribution >= 0.6 is 0 Å². The number of hydrogen-bond acceptors (Lipinski definition) is 16. The van der Waals surface area contributed by atoms with Crippen LogP contribution in [-0.4, -0.2) is 177 Å². The maximum atomic E-state index is 13.1. The van der Waals surface area contributed by atoms with E-state index in [1.165, 1.54) is 0 Å². The van der Waals surface area contributed by atoms with Crippen LogP contribution in [0.1, 0.15) is 85.0 Å². The summed E-state index contributed by atoms with van der Waals surface area (Å²) in [5.41, 5.74) is -0.521. The van der Waals surface area contributed by atoms with Crippen LogP contribution in [0, 0.1) is 46.3 Å². The molecular weight excluding hydrogens is 766 g/mol. The van der Waals surface area contributed by atoms with Gasteiger partial charge < -0.3 is 82.3 Å². The Morgan fingerprint density at radius 2 is 1.26 bits per heavy atom. The Kier molecular flexibility index (Phi) is 16.9. The van der Waals surface area contributed by atoms with Gasteiger partial charge in [0.2, 0.25) is 5.91 Å². The van der Waals surface area contributed by atoms with E-state index in [1.807, 2.05) is 0 Å².